The van der Waals surface area contributed by atoms with Gasteiger partial charge in [0.25, 0.3) is 0 Å². The van der Waals surface area contributed by atoms with Crippen LogP contribution in [0.5, 0.6) is 0 Å². The first-order valence-electron chi connectivity index (χ1n) is 9.19. The fraction of sp³-hybridized carbons (Fsp3) is 1.00. The van der Waals surface area contributed by atoms with Crippen LogP contribution in [-0.4, -0.2) is 15.9 Å². The quantitative estimate of drug-likeness (QED) is 0.269. The molecule has 0 aliphatic carbocycles. The Morgan fingerprint density at radius 2 is 1.14 bits per heavy atom. The van der Waals surface area contributed by atoms with Crippen LogP contribution in [0.2, 0.25) is 0 Å². The summed E-state index contributed by atoms with van der Waals surface area (Å²) in [5, 5.41) is 0. The number of rotatable bonds is 16. The van der Waals surface area contributed by atoms with E-state index in [0.717, 1.165) is 19.3 Å². The van der Waals surface area contributed by atoms with Crippen molar-refractivity contribution in [3.05, 3.63) is 0 Å². The number of unbranched alkanes of at least 4 members (excludes halogenated alkanes) is 12. The lowest BCUT2D eigenvalue weighted by atomic mass is 10.0. The number of hydrogen-bond donors (Lipinski definition) is 2. The van der Waals surface area contributed by atoms with E-state index >= 15 is 0 Å². The highest BCUT2D eigenvalue weighted by Crippen LogP contribution is 2.38. The second kappa shape index (κ2) is 14.7. The van der Waals surface area contributed by atoms with Crippen molar-refractivity contribution in [2.24, 2.45) is 0 Å². The minimum Gasteiger partial charge on any atom is -0.303 e. The summed E-state index contributed by atoms with van der Waals surface area (Å²) in [6.45, 7) is 3.98. The zero-order valence-corrected chi connectivity index (χ0v) is 15.5. The van der Waals surface area contributed by atoms with Gasteiger partial charge in [-0.25, -0.2) is 4.57 Å². The van der Waals surface area contributed by atoms with Crippen LogP contribution in [0.15, 0.2) is 0 Å². The molecule has 22 heavy (non-hydrogen) atoms. The fourth-order valence-corrected chi connectivity index (χ4v) is 3.31. The maximum absolute atomic E-state index is 10.6. The molecule has 0 saturated heterocycles. The van der Waals surface area contributed by atoms with Gasteiger partial charge in [0.15, 0.2) is 0 Å². The Labute approximate surface area is 137 Å². The topological polar surface area (TPSA) is 66.8 Å². The van der Waals surface area contributed by atoms with Gasteiger partial charge in [0.05, 0.1) is 6.10 Å². The molecule has 0 aliphatic rings. The molecule has 0 rings (SSSR count). The first-order chi connectivity index (χ1) is 10.5. The summed E-state index contributed by atoms with van der Waals surface area (Å²) < 4.78 is 15.3. The van der Waals surface area contributed by atoms with Crippen LogP contribution in [0.1, 0.15) is 104 Å². The summed E-state index contributed by atoms with van der Waals surface area (Å²) >= 11 is 0. The summed E-state index contributed by atoms with van der Waals surface area (Å²) in [6, 6.07) is 0. The zero-order valence-electron chi connectivity index (χ0n) is 14.6. The predicted molar refractivity (Wildman–Crippen MR) is 92.9 cm³/mol. The van der Waals surface area contributed by atoms with E-state index in [1.165, 1.54) is 70.6 Å². The Morgan fingerprint density at radius 3 is 1.50 bits per heavy atom. The molecule has 5 heteroatoms. The van der Waals surface area contributed by atoms with Crippen LogP contribution in [0.25, 0.3) is 0 Å². The molecule has 0 saturated carbocycles. The van der Waals surface area contributed by atoms with Gasteiger partial charge in [-0.15, -0.1) is 0 Å². The van der Waals surface area contributed by atoms with Crippen LogP contribution in [0.3, 0.4) is 0 Å². The summed E-state index contributed by atoms with van der Waals surface area (Å²) in [5.41, 5.74) is 0. The molecule has 0 aromatic heterocycles. The van der Waals surface area contributed by atoms with Gasteiger partial charge in [-0.1, -0.05) is 90.4 Å². The van der Waals surface area contributed by atoms with Crippen molar-refractivity contribution >= 4 is 7.82 Å². The third kappa shape index (κ3) is 18.2. The van der Waals surface area contributed by atoms with Crippen LogP contribution in [-0.2, 0) is 9.09 Å². The van der Waals surface area contributed by atoms with Gasteiger partial charge in [0.1, 0.15) is 0 Å². The average molecular weight is 336 g/mol. The smallest absolute Gasteiger partial charge is 0.303 e. The Hall–Kier alpha value is 0.110. The third-order valence-electron chi connectivity index (χ3n) is 4.03. The zero-order chi connectivity index (χ0) is 16.7. The van der Waals surface area contributed by atoms with Crippen LogP contribution in [0.4, 0.5) is 0 Å². The Morgan fingerprint density at radius 1 is 0.773 bits per heavy atom. The molecule has 0 radical (unpaired) electrons. The highest BCUT2D eigenvalue weighted by atomic mass is 31.2. The number of phosphoric ester groups is 1. The van der Waals surface area contributed by atoms with Crippen LogP contribution in [0, 0.1) is 0 Å². The molecule has 0 aromatic rings. The van der Waals surface area contributed by atoms with Crippen molar-refractivity contribution in [2.45, 2.75) is 110 Å². The van der Waals surface area contributed by atoms with Gasteiger partial charge in [-0.2, -0.15) is 0 Å². The van der Waals surface area contributed by atoms with Crippen LogP contribution < -0.4 is 0 Å². The van der Waals surface area contributed by atoms with Gasteiger partial charge >= 0.3 is 7.82 Å². The molecule has 1 unspecified atom stereocenters. The Kier molecular flexibility index (Phi) is 14.8. The maximum Gasteiger partial charge on any atom is 0.469 e. The van der Waals surface area contributed by atoms with Crippen LogP contribution >= 0.6 is 7.82 Å². The van der Waals surface area contributed by atoms with Crippen molar-refractivity contribution in [3.63, 3.8) is 0 Å². The molecule has 0 spiro atoms. The van der Waals surface area contributed by atoms with E-state index in [0.29, 0.717) is 0 Å². The Bertz CT molecular complexity index is 278. The standard InChI is InChI=1S/C17H37O4P/c1-3-4-5-6-7-8-9-10-11-12-13-14-15-16-17(2)21-22(18,19)20/h17H,3-16H2,1-2H3,(H2,18,19,20). The first kappa shape index (κ1) is 22.1. The Balaban J connectivity index is 3.16. The third-order valence-corrected chi connectivity index (χ3v) is 4.67. The lowest BCUT2D eigenvalue weighted by Crippen LogP contribution is -2.05. The van der Waals surface area contributed by atoms with Gasteiger partial charge in [-0.3, -0.25) is 4.52 Å². The van der Waals surface area contributed by atoms with E-state index in [2.05, 4.69) is 11.4 Å². The summed E-state index contributed by atoms with van der Waals surface area (Å²) in [6.07, 6.45) is 17.3. The minimum atomic E-state index is -4.31. The molecule has 0 aliphatic heterocycles. The highest BCUT2D eigenvalue weighted by Gasteiger charge is 2.18. The first-order valence-corrected chi connectivity index (χ1v) is 10.7. The lowest BCUT2D eigenvalue weighted by Gasteiger charge is -2.13. The number of phosphoric acid groups is 1. The minimum absolute atomic E-state index is 0.353. The second-order valence-electron chi connectivity index (χ2n) is 6.44. The summed E-state index contributed by atoms with van der Waals surface area (Å²) in [4.78, 5) is 17.4. The molecular weight excluding hydrogens is 299 g/mol. The predicted octanol–water partition coefficient (Wildman–Crippen LogP) is 5.97. The van der Waals surface area contributed by atoms with E-state index in [-0.39, 0.29) is 6.10 Å². The maximum atomic E-state index is 10.6. The summed E-state index contributed by atoms with van der Waals surface area (Å²) in [7, 11) is -4.31. The largest absolute Gasteiger partial charge is 0.469 e. The highest BCUT2D eigenvalue weighted by molar-refractivity contribution is 7.46. The van der Waals surface area contributed by atoms with Crippen molar-refractivity contribution in [1.82, 2.24) is 0 Å². The van der Waals surface area contributed by atoms with Crippen molar-refractivity contribution in [3.8, 4) is 0 Å². The van der Waals surface area contributed by atoms with Gasteiger partial charge in [0.2, 0.25) is 0 Å². The molecule has 0 aromatic carbocycles. The fourth-order valence-electron chi connectivity index (χ4n) is 2.74. The molecule has 0 fully saturated rings. The SMILES string of the molecule is CCCCCCCCCCCCCCCC(C)OP(=O)(O)O. The van der Waals surface area contributed by atoms with Crippen molar-refractivity contribution in [1.29, 1.82) is 0 Å². The number of hydrogen-bond acceptors (Lipinski definition) is 2. The molecular formula is C17H37O4P. The van der Waals surface area contributed by atoms with E-state index in [4.69, 9.17) is 9.79 Å². The normalized spacial score (nSPS) is 13.5. The molecule has 4 nitrogen and oxygen atoms in total. The van der Waals surface area contributed by atoms with Gasteiger partial charge in [-0.05, 0) is 13.3 Å². The molecule has 1 atom stereocenters. The van der Waals surface area contributed by atoms with Gasteiger partial charge < -0.3 is 9.79 Å². The molecule has 134 valence electrons. The summed E-state index contributed by atoms with van der Waals surface area (Å²) in [5.74, 6) is 0. The van der Waals surface area contributed by atoms with Crippen molar-refractivity contribution < 1.29 is 18.9 Å². The van der Waals surface area contributed by atoms with E-state index < -0.39 is 7.82 Å². The molecule has 0 heterocycles. The molecule has 2 N–H and O–H groups in total. The van der Waals surface area contributed by atoms with E-state index in [1.54, 1.807) is 6.92 Å². The average Bonchev–Trinajstić information content (AvgIpc) is 2.42. The second-order valence-corrected chi connectivity index (χ2v) is 7.63. The van der Waals surface area contributed by atoms with Crippen molar-refractivity contribution in [2.75, 3.05) is 0 Å². The lowest BCUT2D eigenvalue weighted by molar-refractivity contribution is 0.136. The van der Waals surface area contributed by atoms with E-state index in [1.807, 2.05) is 0 Å². The monoisotopic (exact) mass is 336 g/mol. The van der Waals surface area contributed by atoms with Gasteiger partial charge in [0, 0.05) is 0 Å². The molecule has 0 bridgehead atoms. The van der Waals surface area contributed by atoms with E-state index in [9.17, 15) is 4.57 Å². The molecule has 0 amide bonds.